The Hall–Kier alpha value is -0.450. The van der Waals surface area contributed by atoms with Crippen LogP contribution in [0, 0.1) is 5.41 Å². The molecular weight excluding hydrogens is 192 g/mol. The molecule has 1 atom stereocenters. The number of hydrogen-bond donors (Lipinski definition) is 2. The Morgan fingerprint density at radius 3 is 2.53 bits per heavy atom. The Balaban J connectivity index is 2.34. The lowest BCUT2D eigenvalue weighted by atomic mass is 9.64. The lowest BCUT2D eigenvalue weighted by Crippen LogP contribution is -2.73. The summed E-state index contributed by atoms with van der Waals surface area (Å²) in [7, 11) is 1.83. The van der Waals surface area contributed by atoms with Gasteiger partial charge in [0.25, 0.3) is 0 Å². The lowest BCUT2D eigenvalue weighted by Gasteiger charge is -2.56. The molecule has 0 aliphatic carbocycles. The van der Waals surface area contributed by atoms with Crippen molar-refractivity contribution in [3.63, 3.8) is 0 Å². The van der Waals surface area contributed by atoms with Crippen LogP contribution in [-0.4, -0.2) is 54.6 Å². The first kappa shape index (κ1) is 11.0. The van der Waals surface area contributed by atoms with Crippen molar-refractivity contribution in [1.82, 2.24) is 10.2 Å². The Morgan fingerprint density at radius 1 is 1.47 bits per heavy atom. The third-order valence-corrected chi connectivity index (χ3v) is 4.17. The van der Waals surface area contributed by atoms with Gasteiger partial charge in [-0.05, 0) is 19.9 Å². The first-order valence-corrected chi connectivity index (χ1v) is 5.64. The van der Waals surface area contributed by atoms with Gasteiger partial charge in [-0.15, -0.1) is 0 Å². The Kier molecular flexibility index (Phi) is 2.61. The number of carbonyl (C=O) groups is 1. The summed E-state index contributed by atoms with van der Waals surface area (Å²) in [6.07, 6.45) is 1.88. The molecule has 0 spiro atoms. The second-order valence-corrected chi connectivity index (χ2v) is 5.10. The standard InChI is InChI=1S/C11H20N2O2/c1-10-3-5-13(6-4-10)11(8-14,7-12-2)9(10)15/h12,14H,3-8H2,1-2H3/t11-/m1/s1. The van der Waals surface area contributed by atoms with E-state index in [-0.39, 0.29) is 17.8 Å². The third kappa shape index (κ3) is 1.35. The minimum atomic E-state index is -0.653. The van der Waals surface area contributed by atoms with Gasteiger partial charge in [0.15, 0.2) is 5.78 Å². The normalized spacial score (nSPS) is 44.7. The van der Waals surface area contributed by atoms with Crippen molar-refractivity contribution in [3.8, 4) is 0 Å². The van der Waals surface area contributed by atoms with Gasteiger partial charge in [0.05, 0.1) is 6.61 Å². The van der Waals surface area contributed by atoms with E-state index in [2.05, 4.69) is 10.2 Å². The van der Waals surface area contributed by atoms with E-state index in [9.17, 15) is 9.90 Å². The zero-order valence-electron chi connectivity index (χ0n) is 9.55. The summed E-state index contributed by atoms with van der Waals surface area (Å²) in [4.78, 5) is 14.6. The van der Waals surface area contributed by atoms with Gasteiger partial charge in [0.1, 0.15) is 5.54 Å². The highest BCUT2D eigenvalue weighted by Crippen LogP contribution is 2.44. The van der Waals surface area contributed by atoms with Gasteiger partial charge >= 0.3 is 0 Å². The number of likely N-dealkylation sites (N-methyl/N-ethyl adjacent to an activating group) is 1. The van der Waals surface area contributed by atoms with Crippen molar-refractivity contribution in [2.75, 3.05) is 33.3 Å². The number of nitrogens with one attached hydrogen (secondary N) is 1. The van der Waals surface area contributed by atoms with Crippen LogP contribution in [-0.2, 0) is 4.79 Å². The molecule has 15 heavy (non-hydrogen) atoms. The minimum Gasteiger partial charge on any atom is -0.394 e. The summed E-state index contributed by atoms with van der Waals surface area (Å²) < 4.78 is 0. The number of ketones is 1. The molecule has 4 nitrogen and oxygen atoms in total. The smallest absolute Gasteiger partial charge is 0.162 e. The number of carbonyl (C=O) groups excluding carboxylic acids is 1. The van der Waals surface area contributed by atoms with Crippen LogP contribution in [0.3, 0.4) is 0 Å². The van der Waals surface area contributed by atoms with Crippen LogP contribution in [0.1, 0.15) is 19.8 Å². The molecule has 0 aromatic heterocycles. The van der Waals surface area contributed by atoms with Crippen LogP contribution < -0.4 is 5.32 Å². The molecule has 0 radical (unpaired) electrons. The molecule has 3 saturated heterocycles. The molecule has 0 unspecified atom stereocenters. The SMILES string of the molecule is CNC[C@@]1(CO)C(=O)C2(C)CCN1CC2. The molecule has 4 heteroatoms. The topological polar surface area (TPSA) is 52.6 Å². The number of fused-ring (bicyclic) bond motifs is 3. The van der Waals surface area contributed by atoms with Crippen LogP contribution in [0.15, 0.2) is 0 Å². The summed E-state index contributed by atoms with van der Waals surface area (Å²) in [6, 6.07) is 0. The van der Waals surface area contributed by atoms with Gasteiger partial charge in [0.2, 0.25) is 0 Å². The Bertz CT molecular complexity index is 272. The molecule has 0 amide bonds. The average Bonchev–Trinajstić information content (AvgIpc) is 2.25. The maximum atomic E-state index is 12.4. The van der Waals surface area contributed by atoms with Crippen molar-refractivity contribution >= 4 is 5.78 Å². The number of rotatable bonds is 3. The molecule has 0 aromatic rings. The average molecular weight is 212 g/mol. The second-order valence-electron chi connectivity index (χ2n) is 5.10. The molecule has 2 bridgehead atoms. The van der Waals surface area contributed by atoms with Gasteiger partial charge in [-0.3, -0.25) is 9.69 Å². The molecule has 3 heterocycles. The van der Waals surface area contributed by atoms with E-state index >= 15 is 0 Å². The summed E-state index contributed by atoms with van der Waals surface area (Å²) >= 11 is 0. The highest BCUT2D eigenvalue weighted by atomic mass is 16.3. The highest BCUT2D eigenvalue weighted by molar-refractivity contribution is 5.95. The third-order valence-electron chi connectivity index (χ3n) is 4.17. The summed E-state index contributed by atoms with van der Waals surface area (Å²) in [5, 5.41) is 12.6. The van der Waals surface area contributed by atoms with Crippen LogP contribution in [0.5, 0.6) is 0 Å². The first-order chi connectivity index (χ1) is 7.09. The molecule has 3 rings (SSSR count). The number of nitrogens with zero attached hydrogens (tertiary/aromatic N) is 1. The van der Waals surface area contributed by atoms with E-state index in [1.54, 1.807) is 0 Å². The van der Waals surface area contributed by atoms with Gasteiger partial charge in [-0.25, -0.2) is 0 Å². The van der Waals surface area contributed by atoms with Crippen molar-refractivity contribution in [2.24, 2.45) is 5.41 Å². The fourth-order valence-electron chi connectivity index (χ4n) is 3.07. The fraction of sp³-hybridized carbons (Fsp3) is 0.909. The van der Waals surface area contributed by atoms with Crippen molar-refractivity contribution in [2.45, 2.75) is 25.3 Å². The van der Waals surface area contributed by atoms with E-state index in [0.29, 0.717) is 6.54 Å². The number of aliphatic hydroxyl groups is 1. The van der Waals surface area contributed by atoms with Gasteiger partial charge in [-0.2, -0.15) is 0 Å². The first-order valence-electron chi connectivity index (χ1n) is 5.64. The predicted octanol–water partition coefficient (Wildman–Crippen LogP) is -0.378. The minimum absolute atomic E-state index is 0.0672. The molecule has 3 aliphatic heterocycles. The number of aliphatic hydroxyl groups excluding tert-OH is 1. The van der Waals surface area contributed by atoms with Gasteiger partial charge in [0, 0.05) is 25.0 Å². The summed E-state index contributed by atoms with van der Waals surface area (Å²) in [5.74, 6) is 0.226. The summed E-state index contributed by atoms with van der Waals surface area (Å²) in [5.41, 5.74) is -0.853. The molecule has 86 valence electrons. The number of hydrogen-bond acceptors (Lipinski definition) is 4. The molecule has 0 saturated carbocycles. The fourth-order valence-corrected chi connectivity index (χ4v) is 3.07. The van der Waals surface area contributed by atoms with E-state index < -0.39 is 5.54 Å². The molecular formula is C11H20N2O2. The van der Waals surface area contributed by atoms with E-state index in [1.807, 2.05) is 14.0 Å². The van der Waals surface area contributed by atoms with Crippen LogP contribution in [0.2, 0.25) is 0 Å². The van der Waals surface area contributed by atoms with Crippen LogP contribution in [0.25, 0.3) is 0 Å². The summed E-state index contributed by atoms with van der Waals surface area (Å²) in [6.45, 7) is 4.40. The maximum absolute atomic E-state index is 12.4. The van der Waals surface area contributed by atoms with Gasteiger partial charge < -0.3 is 10.4 Å². The monoisotopic (exact) mass is 212 g/mol. The quantitative estimate of drug-likeness (QED) is 0.670. The largest absolute Gasteiger partial charge is 0.394 e. The molecule has 3 fully saturated rings. The van der Waals surface area contributed by atoms with E-state index in [4.69, 9.17) is 0 Å². The molecule has 3 aliphatic rings. The van der Waals surface area contributed by atoms with Gasteiger partial charge in [-0.1, -0.05) is 6.92 Å². The second kappa shape index (κ2) is 3.54. The van der Waals surface area contributed by atoms with Crippen molar-refractivity contribution in [3.05, 3.63) is 0 Å². The Morgan fingerprint density at radius 2 is 2.07 bits per heavy atom. The maximum Gasteiger partial charge on any atom is 0.162 e. The van der Waals surface area contributed by atoms with E-state index in [0.717, 1.165) is 25.9 Å². The Labute approximate surface area is 90.6 Å². The zero-order valence-corrected chi connectivity index (χ0v) is 9.55. The van der Waals surface area contributed by atoms with Crippen LogP contribution >= 0.6 is 0 Å². The number of Topliss-reactive ketones (excluding diaryl/α,β-unsaturated/α-hetero) is 1. The molecule has 2 N–H and O–H groups in total. The predicted molar refractivity (Wildman–Crippen MR) is 57.7 cm³/mol. The lowest BCUT2D eigenvalue weighted by molar-refractivity contribution is -0.162. The number of piperidine rings is 3. The van der Waals surface area contributed by atoms with Crippen molar-refractivity contribution in [1.29, 1.82) is 0 Å². The van der Waals surface area contributed by atoms with Crippen molar-refractivity contribution < 1.29 is 9.90 Å². The van der Waals surface area contributed by atoms with Crippen LogP contribution in [0.4, 0.5) is 0 Å². The zero-order chi connectivity index (χ0) is 11.1. The van der Waals surface area contributed by atoms with E-state index in [1.165, 1.54) is 0 Å². The highest BCUT2D eigenvalue weighted by Gasteiger charge is 2.57. The molecule has 0 aromatic carbocycles.